The van der Waals surface area contributed by atoms with E-state index < -0.39 is 11.9 Å². The molecule has 0 spiro atoms. The molecule has 0 aliphatic carbocycles. The number of hydrogen-bond donors (Lipinski definition) is 1. The third-order valence-electron chi connectivity index (χ3n) is 5.22. The first-order chi connectivity index (χ1) is 14.1. The summed E-state index contributed by atoms with van der Waals surface area (Å²) in [6, 6.07) is 4.81. The monoisotopic (exact) mass is 391 g/mol. The fourth-order valence-electron chi connectivity index (χ4n) is 3.77. The van der Waals surface area contributed by atoms with Crippen LogP contribution in [0.4, 0.5) is 0 Å². The topological polar surface area (TPSA) is 115 Å². The highest BCUT2D eigenvalue weighted by Crippen LogP contribution is 2.29. The maximum absolute atomic E-state index is 12.8. The van der Waals surface area contributed by atoms with Crippen molar-refractivity contribution in [2.45, 2.75) is 32.0 Å². The number of rotatable bonds is 4. The standard InChI is InChI=1S/C19H17N7O3/c27-17-4-3-16(18(28)21-17)25-8-12-7-14(1-2-15(12)19(25)29)26-10-13(22-23-26)9-24-6-5-20-11-24/h1-2,5-7,10-11,16H,3-4,8-9H2,(H,21,27,28). The summed E-state index contributed by atoms with van der Waals surface area (Å²) in [5, 5.41) is 10.7. The highest BCUT2D eigenvalue weighted by atomic mass is 16.2. The number of amides is 3. The van der Waals surface area contributed by atoms with Crippen LogP contribution in [-0.4, -0.2) is 53.2 Å². The Morgan fingerprint density at radius 1 is 1.21 bits per heavy atom. The zero-order valence-corrected chi connectivity index (χ0v) is 15.4. The summed E-state index contributed by atoms with van der Waals surface area (Å²) in [6.45, 7) is 0.886. The van der Waals surface area contributed by atoms with Gasteiger partial charge in [-0.3, -0.25) is 19.7 Å². The lowest BCUT2D eigenvalue weighted by atomic mass is 10.0. The van der Waals surface area contributed by atoms with Gasteiger partial charge in [-0.05, 0) is 30.2 Å². The molecule has 2 aliphatic heterocycles. The minimum atomic E-state index is -0.621. The highest BCUT2D eigenvalue weighted by Gasteiger charge is 2.39. The number of fused-ring (bicyclic) bond motifs is 1. The second-order valence-corrected chi connectivity index (χ2v) is 7.13. The Morgan fingerprint density at radius 2 is 2.10 bits per heavy atom. The quantitative estimate of drug-likeness (QED) is 0.639. The van der Waals surface area contributed by atoms with E-state index >= 15 is 0 Å². The number of aromatic nitrogens is 5. The van der Waals surface area contributed by atoms with Gasteiger partial charge in [0, 0.05) is 30.9 Å². The summed E-state index contributed by atoms with van der Waals surface area (Å²) in [7, 11) is 0. The largest absolute Gasteiger partial charge is 0.331 e. The van der Waals surface area contributed by atoms with Crippen molar-refractivity contribution in [3.63, 3.8) is 0 Å². The van der Waals surface area contributed by atoms with E-state index in [1.54, 1.807) is 29.3 Å². The number of nitrogens with one attached hydrogen (secondary N) is 1. The lowest BCUT2D eigenvalue weighted by Gasteiger charge is -2.29. The molecule has 3 aromatic rings. The fraction of sp³-hybridized carbons (Fsp3) is 0.263. The van der Waals surface area contributed by atoms with Gasteiger partial charge in [0.25, 0.3) is 5.91 Å². The predicted octanol–water partition coefficient (Wildman–Crippen LogP) is 0.273. The van der Waals surface area contributed by atoms with E-state index in [9.17, 15) is 14.4 Å². The molecule has 10 nitrogen and oxygen atoms in total. The smallest absolute Gasteiger partial charge is 0.255 e. The molecule has 29 heavy (non-hydrogen) atoms. The number of hydrogen-bond acceptors (Lipinski definition) is 6. The number of carbonyl (C=O) groups excluding carboxylic acids is 3. The minimum Gasteiger partial charge on any atom is -0.331 e. The lowest BCUT2D eigenvalue weighted by Crippen LogP contribution is -2.52. The van der Waals surface area contributed by atoms with Gasteiger partial charge in [0.05, 0.1) is 24.8 Å². The van der Waals surface area contributed by atoms with Crippen LogP contribution in [-0.2, 0) is 22.7 Å². The minimum absolute atomic E-state index is 0.194. The number of nitrogens with zero attached hydrogens (tertiary/aromatic N) is 6. The Bertz CT molecular complexity index is 1120. The average molecular weight is 391 g/mol. The van der Waals surface area contributed by atoms with E-state index in [1.807, 2.05) is 23.0 Å². The van der Waals surface area contributed by atoms with E-state index in [4.69, 9.17) is 0 Å². The van der Waals surface area contributed by atoms with Gasteiger partial charge in [0.1, 0.15) is 11.7 Å². The normalized spacial score (nSPS) is 18.8. The Kier molecular flexibility index (Phi) is 3.97. The van der Waals surface area contributed by atoms with Gasteiger partial charge >= 0.3 is 0 Å². The Hall–Kier alpha value is -3.82. The molecule has 1 atom stereocenters. The molecule has 146 valence electrons. The maximum atomic E-state index is 12.8. The fourth-order valence-corrected chi connectivity index (χ4v) is 3.77. The molecule has 10 heteroatoms. The third kappa shape index (κ3) is 3.08. The van der Waals surface area contributed by atoms with E-state index in [-0.39, 0.29) is 18.2 Å². The first-order valence-electron chi connectivity index (χ1n) is 9.23. The second-order valence-electron chi connectivity index (χ2n) is 7.13. The summed E-state index contributed by atoms with van der Waals surface area (Å²) in [5.74, 6) is -0.904. The van der Waals surface area contributed by atoms with Crippen molar-refractivity contribution in [3.05, 3.63) is 59.9 Å². The van der Waals surface area contributed by atoms with Gasteiger partial charge in [-0.2, -0.15) is 0 Å². The Balaban J connectivity index is 1.37. The summed E-state index contributed by atoms with van der Waals surface area (Å²) in [4.78, 5) is 41.8. The molecule has 1 unspecified atom stereocenters. The molecule has 2 aliphatic rings. The molecule has 1 aromatic carbocycles. The SMILES string of the molecule is O=C1CCC(N2Cc3cc(-n4cc(Cn5ccnc5)nn4)ccc3C2=O)C(=O)N1. The van der Waals surface area contributed by atoms with E-state index in [2.05, 4.69) is 20.6 Å². The maximum Gasteiger partial charge on any atom is 0.255 e. The van der Waals surface area contributed by atoms with Crippen LogP contribution in [0.25, 0.3) is 5.69 Å². The summed E-state index contributed by atoms with van der Waals surface area (Å²) < 4.78 is 3.55. The second kappa shape index (κ2) is 6.66. The molecular weight excluding hydrogens is 374 g/mol. The zero-order chi connectivity index (χ0) is 20.0. The van der Waals surface area contributed by atoms with Crippen LogP contribution in [0, 0.1) is 0 Å². The number of imidazole rings is 1. The highest BCUT2D eigenvalue weighted by molar-refractivity contribution is 6.05. The van der Waals surface area contributed by atoms with Crippen molar-refractivity contribution in [3.8, 4) is 5.69 Å². The first-order valence-corrected chi connectivity index (χ1v) is 9.23. The van der Waals surface area contributed by atoms with Crippen LogP contribution < -0.4 is 5.32 Å². The lowest BCUT2D eigenvalue weighted by molar-refractivity contribution is -0.136. The molecule has 0 radical (unpaired) electrons. The number of carbonyl (C=O) groups is 3. The van der Waals surface area contributed by atoms with Crippen LogP contribution in [0.3, 0.4) is 0 Å². The molecule has 1 fully saturated rings. The van der Waals surface area contributed by atoms with E-state index in [1.165, 1.54) is 4.90 Å². The number of benzene rings is 1. The molecule has 2 aromatic heterocycles. The van der Waals surface area contributed by atoms with Crippen molar-refractivity contribution in [1.82, 2.24) is 34.8 Å². The van der Waals surface area contributed by atoms with E-state index in [0.717, 1.165) is 16.9 Å². The average Bonchev–Trinajstić information content (AvgIpc) is 3.44. The summed E-state index contributed by atoms with van der Waals surface area (Å²) >= 11 is 0. The molecule has 3 amide bonds. The zero-order valence-electron chi connectivity index (χ0n) is 15.4. The third-order valence-corrected chi connectivity index (χ3v) is 5.22. The number of piperidine rings is 1. The molecule has 4 heterocycles. The molecule has 1 saturated heterocycles. The Labute approximate surface area is 165 Å². The van der Waals surface area contributed by atoms with Gasteiger partial charge < -0.3 is 9.47 Å². The molecular formula is C19H17N7O3. The summed E-state index contributed by atoms with van der Waals surface area (Å²) in [5.41, 5.74) is 2.96. The first kappa shape index (κ1) is 17.3. The molecule has 0 bridgehead atoms. The van der Waals surface area contributed by atoms with Gasteiger partial charge in [-0.25, -0.2) is 9.67 Å². The predicted molar refractivity (Wildman–Crippen MR) is 98.7 cm³/mol. The van der Waals surface area contributed by atoms with Crippen molar-refractivity contribution >= 4 is 17.7 Å². The molecule has 1 N–H and O–H groups in total. The van der Waals surface area contributed by atoms with Gasteiger partial charge in [0.2, 0.25) is 11.8 Å². The van der Waals surface area contributed by atoms with Crippen molar-refractivity contribution in [2.24, 2.45) is 0 Å². The van der Waals surface area contributed by atoms with Crippen LogP contribution in [0.1, 0.15) is 34.5 Å². The summed E-state index contributed by atoms with van der Waals surface area (Å²) in [6.07, 6.45) is 7.68. The van der Waals surface area contributed by atoms with E-state index in [0.29, 0.717) is 25.1 Å². The van der Waals surface area contributed by atoms with Gasteiger partial charge in [0.15, 0.2) is 0 Å². The molecule has 0 saturated carbocycles. The van der Waals surface area contributed by atoms with Crippen LogP contribution in [0.2, 0.25) is 0 Å². The van der Waals surface area contributed by atoms with Crippen molar-refractivity contribution < 1.29 is 14.4 Å². The van der Waals surface area contributed by atoms with Crippen molar-refractivity contribution in [2.75, 3.05) is 0 Å². The Morgan fingerprint density at radius 3 is 2.90 bits per heavy atom. The van der Waals surface area contributed by atoms with Crippen molar-refractivity contribution in [1.29, 1.82) is 0 Å². The van der Waals surface area contributed by atoms with Crippen LogP contribution in [0.5, 0.6) is 0 Å². The van der Waals surface area contributed by atoms with Gasteiger partial charge in [-0.15, -0.1) is 5.10 Å². The van der Waals surface area contributed by atoms with Gasteiger partial charge in [-0.1, -0.05) is 5.21 Å². The number of imide groups is 1. The van der Waals surface area contributed by atoms with Crippen LogP contribution in [0.15, 0.2) is 43.1 Å². The van der Waals surface area contributed by atoms with Crippen LogP contribution >= 0.6 is 0 Å². The molecule has 5 rings (SSSR count).